The van der Waals surface area contributed by atoms with E-state index in [2.05, 4.69) is 30.9 Å². The highest BCUT2D eigenvalue weighted by Gasteiger charge is 2.02. The molecule has 1 aromatic carbocycles. The Kier molecular flexibility index (Phi) is 10.1. The van der Waals surface area contributed by atoms with Gasteiger partial charge in [-0.05, 0) is 24.5 Å². The molecule has 0 saturated heterocycles. The number of carbonyl (C=O) groups excluding carboxylic acids is 1. The Morgan fingerprint density at radius 2 is 1.73 bits per heavy atom. The van der Waals surface area contributed by atoms with Gasteiger partial charge in [-0.3, -0.25) is 4.79 Å². The smallest absolute Gasteiger partial charge is 0.132 e. The van der Waals surface area contributed by atoms with Crippen molar-refractivity contribution in [2.45, 2.75) is 78.1 Å². The molecule has 0 unspecified atom stereocenters. The molecule has 1 aromatic rings. The van der Waals surface area contributed by atoms with E-state index < -0.39 is 0 Å². The first kappa shape index (κ1) is 18.5. The van der Waals surface area contributed by atoms with Crippen LogP contribution in [0.4, 0.5) is 0 Å². The van der Waals surface area contributed by atoms with Gasteiger partial charge >= 0.3 is 0 Å². The van der Waals surface area contributed by atoms with Crippen LogP contribution >= 0.6 is 0 Å². The van der Waals surface area contributed by atoms with Crippen LogP contribution in [0.3, 0.4) is 0 Å². The van der Waals surface area contributed by atoms with E-state index in [1.165, 1.54) is 44.1 Å². The first-order valence-corrected chi connectivity index (χ1v) is 8.86. The Morgan fingerprint density at radius 3 is 2.50 bits per heavy atom. The van der Waals surface area contributed by atoms with Crippen molar-refractivity contribution >= 4 is 5.78 Å². The van der Waals surface area contributed by atoms with Gasteiger partial charge in [0, 0.05) is 24.8 Å². The molecule has 1 nitrogen and oxygen atoms in total. The minimum absolute atomic E-state index is 0.329. The Labute approximate surface area is 136 Å². The number of Topliss-reactive ketones (excluding diaryl/α,β-unsaturated/α-hetero) is 1. The van der Waals surface area contributed by atoms with Crippen LogP contribution < -0.4 is 0 Å². The summed E-state index contributed by atoms with van der Waals surface area (Å²) in [5.41, 5.74) is 2.30. The van der Waals surface area contributed by atoms with Gasteiger partial charge in [-0.15, -0.1) is 0 Å². The summed E-state index contributed by atoms with van der Waals surface area (Å²) in [7, 11) is 0. The Morgan fingerprint density at radius 1 is 1.00 bits per heavy atom. The number of aryl methyl sites for hydroxylation is 1. The molecule has 0 aliphatic heterocycles. The molecule has 0 spiro atoms. The zero-order valence-electron chi connectivity index (χ0n) is 14.3. The largest absolute Gasteiger partial charge is 0.300 e. The molecule has 0 aliphatic rings. The van der Waals surface area contributed by atoms with Crippen LogP contribution in [-0.4, -0.2) is 5.78 Å². The van der Waals surface area contributed by atoms with Crippen LogP contribution in [0.15, 0.2) is 24.3 Å². The van der Waals surface area contributed by atoms with Gasteiger partial charge in [0.1, 0.15) is 5.78 Å². The molecule has 22 heavy (non-hydrogen) atoms. The van der Waals surface area contributed by atoms with Gasteiger partial charge in [0.25, 0.3) is 0 Å². The third-order valence-corrected chi connectivity index (χ3v) is 3.96. The second-order valence-electron chi connectivity index (χ2n) is 5.87. The first-order chi connectivity index (χ1) is 10.8. The van der Waals surface area contributed by atoms with Gasteiger partial charge < -0.3 is 0 Å². The lowest BCUT2D eigenvalue weighted by Crippen LogP contribution is -1.99. The van der Waals surface area contributed by atoms with Crippen molar-refractivity contribution in [2.75, 3.05) is 0 Å². The molecular formula is C21H30O. The van der Waals surface area contributed by atoms with Crippen LogP contribution in [0.1, 0.15) is 82.8 Å². The summed E-state index contributed by atoms with van der Waals surface area (Å²) in [5, 5.41) is 0. The summed E-state index contributed by atoms with van der Waals surface area (Å²) >= 11 is 0. The molecular weight excluding hydrogens is 268 g/mol. The quantitative estimate of drug-likeness (QED) is 0.400. The van der Waals surface area contributed by atoms with E-state index >= 15 is 0 Å². The predicted molar refractivity (Wildman–Crippen MR) is 94.9 cm³/mol. The van der Waals surface area contributed by atoms with Crippen molar-refractivity contribution in [1.82, 2.24) is 0 Å². The van der Waals surface area contributed by atoms with Crippen LogP contribution in [0.5, 0.6) is 0 Å². The average molecular weight is 298 g/mol. The lowest BCUT2D eigenvalue weighted by atomic mass is 10.0. The molecule has 0 saturated carbocycles. The van der Waals surface area contributed by atoms with Crippen LogP contribution in [-0.2, 0) is 11.2 Å². The standard InChI is InChI=1S/C21H30O/c1-3-5-6-7-8-9-10-11-14-19-15-12-13-16-20(19)17-18-21(22)4-2/h12-13,15-16H,3-10,17-18H2,1-2H3. The normalized spacial score (nSPS) is 10.1. The van der Waals surface area contributed by atoms with E-state index in [1.807, 2.05) is 19.1 Å². The van der Waals surface area contributed by atoms with E-state index in [0.717, 1.165) is 18.4 Å². The lowest BCUT2D eigenvalue weighted by molar-refractivity contribution is -0.118. The Bertz CT molecular complexity index is 490. The fourth-order valence-corrected chi connectivity index (χ4v) is 2.46. The Hall–Kier alpha value is -1.55. The minimum atomic E-state index is 0.329. The number of carbonyl (C=O) groups is 1. The Balaban J connectivity index is 2.39. The van der Waals surface area contributed by atoms with Gasteiger partial charge in [0.05, 0.1) is 0 Å². The maximum absolute atomic E-state index is 11.5. The highest BCUT2D eigenvalue weighted by Crippen LogP contribution is 2.11. The SMILES string of the molecule is CCCCCCCCC#Cc1ccccc1CCC(=O)CC. The van der Waals surface area contributed by atoms with Crippen LogP contribution in [0.2, 0.25) is 0 Å². The number of rotatable bonds is 10. The molecule has 1 rings (SSSR count). The van der Waals surface area contributed by atoms with Crippen molar-refractivity contribution in [3.05, 3.63) is 35.4 Å². The number of hydrogen-bond donors (Lipinski definition) is 0. The third-order valence-electron chi connectivity index (χ3n) is 3.96. The summed E-state index contributed by atoms with van der Waals surface area (Å²) in [6.45, 7) is 4.17. The van der Waals surface area contributed by atoms with Crippen molar-refractivity contribution in [1.29, 1.82) is 0 Å². The van der Waals surface area contributed by atoms with E-state index in [-0.39, 0.29) is 0 Å². The minimum Gasteiger partial charge on any atom is -0.300 e. The maximum atomic E-state index is 11.5. The lowest BCUT2D eigenvalue weighted by Gasteiger charge is -2.03. The molecule has 0 heterocycles. The molecule has 0 aliphatic carbocycles. The maximum Gasteiger partial charge on any atom is 0.132 e. The van der Waals surface area contributed by atoms with Crippen LogP contribution in [0.25, 0.3) is 0 Å². The molecule has 0 bridgehead atoms. The highest BCUT2D eigenvalue weighted by molar-refractivity contribution is 5.78. The van der Waals surface area contributed by atoms with Crippen molar-refractivity contribution in [3.63, 3.8) is 0 Å². The third kappa shape index (κ3) is 8.03. The molecule has 0 aromatic heterocycles. The van der Waals surface area contributed by atoms with Crippen molar-refractivity contribution in [2.24, 2.45) is 0 Å². The summed E-state index contributed by atoms with van der Waals surface area (Å²) < 4.78 is 0. The number of ketones is 1. The molecule has 1 heteroatoms. The van der Waals surface area contributed by atoms with E-state index in [0.29, 0.717) is 18.6 Å². The second kappa shape index (κ2) is 12.0. The molecule has 120 valence electrons. The summed E-state index contributed by atoms with van der Waals surface area (Å²) in [5.74, 6) is 6.92. The van der Waals surface area contributed by atoms with E-state index in [4.69, 9.17) is 0 Å². The summed E-state index contributed by atoms with van der Waals surface area (Å²) in [6, 6.07) is 8.22. The topological polar surface area (TPSA) is 17.1 Å². The van der Waals surface area contributed by atoms with Crippen LogP contribution in [0, 0.1) is 11.8 Å². The molecule has 0 atom stereocenters. The molecule has 0 N–H and O–H groups in total. The van der Waals surface area contributed by atoms with Crippen molar-refractivity contribution < 1.29 is 4.79 Å². The predicted octanol–water partition coefficient (Wildman–Crippen LogP) is 5.70. The fraction of sp³-hybridized carbons (Fsp3) is 0.571. The zero-order chi connectivity index (χ0) is 16.0. The van der Waals surface area contributed by atoms with E-state index in [1.54, 1.807) is 0 Å². The summed E-state index contributed by atoms with van der Waals surface area (Å²) in [4.78, 5) is 11.5. The highest BCUT2D eigenvalue weighted by atomic mass is 16.1. The molecule has 0 amide bonds. The number of benzene rings is 1. The monoisotopic (exact) mass is 298 g/mol. The van der Waals surface area contributed by atoms with E-state index in [9.17, 15) is 4.79 Å². The van der Waals surface area contributed by atoms with Gasteiger partial charge in [-0.1, -0.05) is 76.0 Å². The number of unbranched alkanes of at least 4 members (excludes halogenated alkanes) is 6. The second-order valence-corrected chi connectivity index (χ2v) is 5.87. The molecule has 0 fully saturated rings. The number of hydrogen-bond acceptors (Lipinski definition) is 1. The van der Waals surface area contributed by atoms with Gasteiger partial charge in [-0.25, -0.2) is 0 Å². The average Bonchev–Trinajstić information content (AvgIpc) is 2.56. The first-order valence-electron chi connectivity index (χ1n) is 8.86. The fourth-order valence-electron chi connectivity index (χ4n) is 2.46. The van der Waals surface area contributed by atoms with Gasteiger partial charge in [-0.2, -0.15) is 0 Å². The summed E-state index contributed by atoms with van der Waals surface area (Å²) in [6.07, 6.45) is 10.9. The van der Waals surface area contributed by atoms with Crippen molar-refractivity contribution in [3.8, 4) is 11.8 Å². The van der Waals surface area contributed by atoms with Gasteiger partial charge in [0.15, 0.2) is 0 Å². The molecule has 0 radical (unpaired) electrons. The zero-order valence-corrected chi connectivity index (χ0v) is 14.3. The van der Waals surface area contributed by atoms with Gasteiger partial charge in [0.2, 0.25) is 0 Å².